The van der Waals surface area contributed by atoms with Crippen molar-refractivity contribution < 1.29 is 9.59 Å². The molecule has 0 radical (unpaired) electrons. The number of hydrogen-bond acceptors (Lipinski definition) is 4. The van der Waals surface area contributed by atoms with Crippen molar-refractivity contribution in [1.29, 1.82) is 0 Å². The van der Waals surface area contributed by atoms with Crippen LogP contribution in [0, 0.1) is 0 Å². The second kappa shape index (κ2) is 7.08. The molecule has 0 unspecified atom stereocenters. The maximum Gasteiger partial charge on any atom is 0.225 e. The lowest BCUT2D eigenvalue weighted by atomic mass is 10.1. The molecule has 2 aromatic rings. The summed E-state index contributed by atoms with van der Waals surface area (Å²) in [5.41, 5.74) is 1.83. The fourth-order valence-corrected chi connectivity index (χ4v) is 3.82. The van der Waals surface area contributed by atoms with Crippen LogP contribution in [0.2, 0.25) is 0 Å². The fraction of sp³-hybridized carbons (Fsp3) is 0.471. The van der Waals surface area contributed by atoms with Crippen LogP contribution in [-0.4, -0.2) is 22.8 Å². The second-order valence-corrected chi connectivity index (χ2v) is 6.98. The van der Waals surface area contributed by atoms with E-state index in [1.165, 1.54) is 24.2 Å². The van der Waals surface area contributed by atoms with Crippen molar-refractivity contribution in [3.63, 3.8) is 0 Å². The third kappa shape index (κ3) is 4.07. The largest absolute Gasteiger partial charge is 0.353 e. The van der Waals surface area contributed by atoms with Gasteiger partial charge < -0.3 is 10.6 Å². The first kappa shape index (κ1) is 15.9. The average molecular weight is 331 g/mol. The van der Waals surface area contributed by atoms with Crippen molar-refractivity contribution in [3.8, 4) is 0 Å². The molecule has 1 aromatic heterocycles. The Bertz CT molecular complexity index is 720. The van der Waals surface area contributed by atoms with E-state index in [9.17, 15) is 9.59 Å². The van der Waals surface area contributed by atoms with E-state index in [0.717, 1.165) is 28.6 Å². The minimum atomic E-state index is -0.0415. The summed E-state index contributed by atoms with van der Waals surface area (Å²) in [5.74, 6) is 0.0421. The lowest BCUT2D eigenvalue weighted by molar-refractivity contribution is -0.121. The molecule has 2 N–H and O–H groups in total. The van der Waals surface area contributed by atoms with Crippen LogP contribution in [0.4, 0.5) is 5.13 Å². The Labute approximate surface area is 139 Å². The first-order valence-corrected chi connectivity index (χ1v) is 8.94. The highest BCUT2D eigenvalue weighted by molar-refractivity contribution is 7.22. The van der Waals surface area contributed by atoms with Gasteiger partial charge in [0.15, 0.2) is 5.13 Å². The molecule has 0 atom stereocenters. The predicted molar refractivity (Wildman–Crippen MR) is 92.6 cm³/mol. The summed E-state index contributed by atoms with van der Waals surface area (Å²) < 4.78 is 0.988. The van der Waals surface area contributed by atoms with E-state index in [-0.39, 0.29) is 11.8 Å². The van der Waals surface area contributed by atoms with E-state index >= 15 is 0 Å². The third-order valence-electron chi connectivity index (χ3n) is 4.11. The molecule has 0 spiro atoms. The number of aromatic nitrogens is 1. The number of anilines is 1. The fourth-order valence-electron chi connectivity index (χ4n) is 2.87. The molecule has 0 bridgehead atoms. The number of rotatable bonds is 5. The van der Waals surface area contributed by atoms with E-state index in [1.54, 1.807) is 0 Å². The van der Waals surface area contributed by atoms with Gasteiger partial charge in [-0.05, 0) is 30.5 Å². The maximum atomic E-state index is 12.1. The molecule has 122 valence electrons. The summed E-state index contributed by atoms with van der Waals surface area (Å²) >= 11 is 1.44. The standard InChI is InChI=1S/C17H21N3O2S/c1-2-15(21)20-17-19-13-8-7-11(9-14(13)23-17)10-16(22)18-12-5-3-4-6-12/h7-9,12H,2-6,10H2,1H3,(H,18,22)(H,19,20,21). The molecule has 1 aliphatic carbocycles. The zero-order chi connectivity index (χ0) is 16.2. The number of nitrogens with zero attached hydrogens (tertiary/aromatic N) is 1. The lowest BCUT2D eigenvalue weighted by Crippen LogP contribution is -2.33. The number of carbonyl (C=O) groups is 2. The topological polar surface area (TPSA) is 71.1 Å². The zero-order valence-corrected chi connectivity index (χ0v) is 14.0. The van der Waals surface area contributed by atoms with Gasteiger partial charge in [0.25, 0.3) is 0 Å². The third-order valence-corrected chi connectivity index (χ3v) is 5.04. The Hall–Kier alpha value is -1.95. The molecular weight excluding hydrogens is 310 g/mol. The van der Waals surface area contributed by atoms with Crippen LogP contribution in [0.1, 0.15) is 44.6 Å². The molecule has 1 heterocycles. The molecule has 6 heteroatoms. The van der Waals surface area contributed by atoms with Gasteiger partial charge in [-0.1, -0.05) is 37.2 Å². The molecule has 5 nitrogen and oxygen atoms in total. The van der Waals surface area contributed by atoms with Crippen molar-refractivity contribution in [3.05, 3.63) is 23.8 Å². The van der Waals surface area contributed by atoms with Gasteiger partial charge >= 0.3 is 0 Å². The molecule has 23 heavy (non-hydrogen) atoms. The monoisotopic (exact) mass is 331 g/mol. The highest BCUT2D eigenvalue weighted by Crippen LogP contribution is 2.27. The highest BCUT2D eigenvalue weighted by atomic mass is 32.1. The summed E-state index contributed by atoms with van der Waals surface area (Å²) in [7, 11) is 0. The van der Waals surface area contributed by atoms with Crippen molar-refractivity contribution in [2.75, 3.05) is 5.32 Å². The minimum absolute atomic E-state index is 0.0415. The van der Waals surface area contributed by atoms with Gasteiger partial charge in [0.1, 0.15) is 0 Å². The summed E-state index contributed by atoms with van der Waals surface area (Å²) in [5, 5.41) is 6.50. The first-order valence-electron chi connectivity index (χ1n) is 8.12. The molecule has 3 rings (SSSR count). The number of benzene rings is 1. The van der Waals surface area contributed by atoms with E-state index in [0.29, 0.717) is 24.0 Å². The van der Waals surface area contributed by atoms with Crippen LogP contribution in [0.3, 0.4) is 0 Å². The predicted octanol–water partition coefficient (Wildman–Crippen LogP) is 3.25. The summed E-state index contributed by atoms with van der Waals surface area (Å²) in [4.78, 5) is 27.9. The molecule has 0 saturated heterocycles. The Morgan fingerprint density at radius 1 is 1.26 bits per heavy atom. The number of thiazole rings is 1. The molecular formula is C17H21N3O2S. The van der Waals surface area contributed by atoms with Gasteiger partial charge in [0, 0.05) is 12.5 Å². The van der Waals surface area contributed by atoms with Crippen LogP contribution >= 0.6 is 11.3 Å². The molecule has 2 amide bonds. The van der Waals surface area contributed by atoms with E-state index < -0.39 is 0 Å². The Morgan fingerprint density at radius 3 is 2.78 bits per heavy atom. The molecule has 1 aromatic carbocycles. The van der Waals surface area contributed by atoms with E-state index in [4.69, 9.17) is 0 Å². The van der Waals surface area contributed by atoms with E-state index in [2.05, 4.69) is 15.6 Å². The maximum absolute atomic E-state index is 12.1. The van der Waals surface area contributed by atoms with Gasteiger partial charge in [-0.15, -0.1) is 0 Å². The van der Waals surface area contributed by atoms with Crippen LogP contribution in [0.25, 0.3) is 10.2 Å². The van der Waals surface area contributed by atoms with Crippen LogP contribution in [-0.2, 0) is 16.0 Å². The van der Waals surface area contributed by atoms with Gasteiger partial charge in [0.05, 0.1) is 16.6 Å². The van der Waals surface area contributed by atoms with Crippen molar-refractivity contribution >= 4 is 38.5 Å². The van der Waals surface area contributed by atoms with Crippen LogP contribution in [0.5, 0.6) is 0 Å². The van der Waals surface area contributed by atoms with Crippen LogP contribution < -0.4 is 10.6 Å². The number of nitrogens with one attached hydrogen (secondary N) is 2. The average Bonchev–Trinajstić information content (AvgIpc) is 3.15. The molecule has 1 aliphatic rings. The summed E-state index contributed by atoms with van der Waals surface area (Å²) in [6.07, 6.45) is 5.44. The van der Waals surface area contributed by atoms with Crippen molar-refractivity contribution in [2.24, 2.45) is 0 Å². The lowest BCUT2D eigenvalue weighted by Gasteiger charge is -2.11. The number of amides is 2. The molecule has 1 saturated carbocycles. The normalized spacial score (nSPS) is 15.0. The Morgan fingerprint density at radius 2 is 2.04 bits per heavy atom. The SMILES string of the molecule is CCC(=O)Nc1nc2ccc(CC(=O)NC3CCCC3)cc2s1. The van der Waals surface area contributed by atoms with Gasteiger partial charge in [-0.3, -0.25) is 9.59 Å². The Kier molecular flexibility index (Phi) is 4.91. The van der Waals surface area contributed by atoms with Crippen molar-refractivity contribution in [2.45, 2.75) is 51.5 Å². The van der Waals surface area contributed by atoms with E-state index in [1.807, 2.05) is 25.1 Å². The molecule has 1 fully saturated rings. The smallest absolute Gasteiger partial charge is 0.225 e. The van der Waals surface area contributed by atoms with Gasteiger partial charge in [-0.25, -0.2) is 4.98 Å². The quantitative estimate of drug-likeness (QED) is 0.883. The molecule has 0 aliphatic heterocycles. The van der Waals surface area contributed by atoms with Crippen LogP contribution in [0.15, 0.2) is 18.2 Å². The number of carbonyl (C=O) groups excluding carboxylic acids is 2. The van der Waals surface area contributed by atoms with Crippen molar-refractivity contribution in [1.82, 2.24) is 10.3 Å². The van der Waals surface area contributed by atoms with Gasteiger partial charge in [0.2, 0.25) is 11.8 Å². The first-order chi connectivity index (χ1) is 11.1. The highest BCUT2D eigenvalue weighted by Gasteiger charge is 2.17. The second-order valence-electron chi connectivity index (χ2n) is 5.95. The number of hydrogen-bond donors (Lipinski definition) is 2. The zero-order valence-electron chi connectivity index (χ0n) is 13.2. The summed E-state index contributed by atoms with van der Waals surface area (Å²) in [6, 6.07) is 6.18. The van der Waals surface area contributed by atoms with Gasteiger partial charge in [-0.2, -0.15) is 0 Å². The minimum Gasteiger partial charge on any atom is -0.353 e. The Balaban J connectivity index is 1.66. The summed E-state index contributed by atoms with van der Waals surface area (Å²) in [6.45, 7) is 1.81. The number of fused-ring (bicyclic) bond motifs is 1.